The lowest BCUT2D eigenvalue weighted by Gasteiger charge is -2.23. The van der Waals surface area contributed by atoms with E-state index >= 15 is 0 Å². The van der Waals surface area contributed by atoms with Gasteiger partial charge in [-0.3, -0.25) is 4.99 Å². The molecule has 0 fully saturated rings. The minimum Gasteiger partial charge on any atom is -0.356 e. The minimum atomic E-state index is -0.811. The van der Waals surface area contributed by atoms with Crippen molar-refractivity contribution in [3.63, 3.8) is 0 Å². The van der Waals surface area contributed by atoms with Gasteiger partial charge in [0.25, 0.3) is 0 Å². The summed E-state index contributed by atoms with van der Waals surface area (Å²) < 4.78 is 26.2. The molecule has 1 unspecified atom stereocenters. The molecule has 0 heterocycles. The van der Waals surface area contributed by atoms with E-state index in [0.717, 1.165) is 30.9 Å². The maximum Gasteiger partial charge on any atom is 0.193 e. The van der Waals surface area contributed by atoms with Crippen LogP contribution in [0.5, 0.6) is 0 Å². The van der Waals surface area contributed by atoms with Crippen LogP contribution in [0.25, 0.3) is 0 Å². The zero-order valence-electron chi connectivity index (χ0n) is 13.7. The largest absolute Gasteiger partial charge is 0.356 e. The van der Waals surface area contributed by atoms with Gasteiger partial charge in [-0.05, 0) is 30.0 Å². The van der Waals surface area contributed by atoms with Gasteiger partial charge >= 0.3 is 0 Å². The van der Waals surface area contributed by atoms with Gasteiger partial charge < -0.3 is 10.2 Å². The van der Waals surface area contributed by atoms with Crippen molar-refractivity contribution < 1.29 is 8.78 Å². The summed E-state index contributed by atoms with van der Waals surface area (Å²) in [4.78, 5) is 6.31. The Morgan fingerprint density at radius 3 is 2.55 bits per heavy atom. The summed E-state index contributed by atoms with van der Waals surface area (Å²) in [6, 6.07) is 4.04. The van der Waals surface area contributed by atoms with Crippen LogP contribution in [0.4, 0.5) is 8.78 Å². The third kappa shape index (κ3) is 6.46. The molecule has 6 heteroatoms. The molecule has 1 aromatic rings. The number of benzene rings is 1. The molecule has 0 aliphatic heterocycles. The standard InChI is InChI=1S/C16H25F2N3.HI/c1-5-6-9-21(4)16(19-3)20-11-12(2)13-7-8-14(17)15(18)10-13;/h7-8,10,12H,5-6,9,11H2,1-4H3,(H,19,20);1H. The Hall–Kier alpha value is -0.920. The number of rotatable bonds is 6. The van der Waals surface area contributed by atoms with E-state index in [-0.39, 0.29) is 29.9 Å². The fourth-order valence-electron chi connectivity index (χ4n) is 2.07. The third-order valence-electron chi connectivity index (χ3n) is 3.50. The number of nitrogens with one attached hydrogen (secondary N) is 1. The molecule has 0 bridgehead atoms. The van der Waals surface area contributed by atoms with E-state index in [9.17, 15) is 8.78 Å². The second-order valence-corrected chi connectivity index (χ2v) is 5.28. The van der Waals surface area contributed by atoms with Gasteiger partial charge in [0.05, 0.1) is 0 Å². The van der Waals surface area contributed by atoms with Gasteiger partial charge in [0.1, 0.15) is 0 Å². The minimum absolute atomic E-state index is 0. The quantitative estimate of drug-likeness (QED) is 0.424. The summed E-state index contributed by atoms with van der Waals surface area (Å²) >= 11 is 0. The van der Waals surface area contributed by atoms with Crippen LogP contribution in [0.2, 0.25) is 0 Å². The fourth-order valence-corrected chi connectivity index (χ4v) is 2.07. The van der Waals surface area contributed by atoms with Gasteiger partial charge in [0, 0.05) is 27.2 Å². The lowest BCUT2D eigenvalue weighted by molar-refractivity contribution is 0.462. The van der Waals surface area contributed by atoms with Gasteiger partial charge in [-0.25, -0.2) is 8.78 Å². The van der Waals surface area contributed by atoms with E-state index in [1.807, 2.05) is 14.0 Å². The van der Waals surface area contributed by atoms with Gasteiger partial charge in [0.2, 0.25) is 0 Å². The van der Waals surface area contributed by atoms with E-state index in [1.165, 1.54) is 12.1 Å². The average molecular weight is 425 g/mol. The van der Waals surface area contributed by atoms with Gasteiger partial charge in [-0.1, -0.05) is 26.3 Å². The number of guanidine groups is 1. The number of hydrogen-bond donors (Lipinski definition) is 1. The monoisotopic (exact) mass is 425 g/mol. The predicted octanol–water partition coefficient (Wildman–Crippen LogP) is 3.99. The highest BCUT2D eigenvalue weighted by atomic mass is 127. The maximum atomic E-state index is 13.2. The molecule has 0 saturated heterocycles. The molecule has 0 aromatic heterocycles. The fraction of sp³-hybridized carbons (Fsp3) is 0.562. The van der Waals surface area contributed by atoms with Crippen molar-refractivity contribution in [1.29, 1.82) is 0 Å². The van der Waals surface area contributed by atoms with Gasteiger partial charge in [-0.2, -0.15) is 0 Å². The van der Waals surface area contributed by atoms with Crippen molar-refractivity contribution >= 4 is 29.9 Å². The number of hydrogen-bond acceptors (Lipinski definition) is 1. The molecular formula is C16H26F2IN3. The van der Waals surface area contributed by atoms with Crippen molar-refractivity contribution in [2.45, 2.75) is 32.6 Å². The van der Waals surface area contributed by atoms with E-state index in [4.69, 9.17) is 0 Å². The summed E-state index contributed by atoms with van der Waals surface area (Å²) in [5.41, 5.74) is 0.771. The lowest BCUT2D eigenvalue weighted by Crippen LogP contribution is -2.40. The number of unbranched alkanes of at least 4 members (excludes halogenated alkanes) is 1. The summed E-state index contributed by atoms with van der Waals surface area (Å²) in [5, 5.41) is 3.27. The van der Waals surface area contributed by atoms with Crippen LogP contribution in [-0.2, 0) is 0 Å². The van der Waals surface area contributed by atoms with Crippen LogP contribution in [0, 0.1) is 11.6 Å². The number of aliphatic imine (C=N–C) groups is 1. The van der Waals surface area contributed by atoms with Crippen molar-refractivity contribution in [2.75, 3.05) is 27.2 Å². The maximum absolute atomic E-state index is 13.2. The normalized spacial score (nSPS) is 12.5. The molecule has 0 radical (unpaired) electrons. The highest BCUT2D eigenvalue weighted by molar-refractivity contribution is 14.0. The van der Waals surface area contributed by atoms with Crippen LogP contribution in [0.15, 0.2) is 23.2 Å². The molecule has 1 aromatic carbocycles. The van der Waals surface area contributed by atoms with Gasteiger partial charge in [-0.15, -0.1) is 24.0 Å². The zero-order valence-corrected chi connectivity index (χ0v) is 16.0. The van der Waals surface area contributed by atoms with Crippen molar-refractivity contribution in [1.82, 2.24) is 10.2 Å². The Balaban J connectivity index is 0.00000441. The Morgan fingerprint density at radius 1 is 1.32 bits per heavy atom. The van der Waals surface area contributed by atoms with Crippen LogP contribution in [0.1, 0.15) is 38.2 Å². The molecule has 0 amide bonds. The summed E-state index contributed by atoms with van der Waals surface area (Å²) in [7, 11) is 3.74. The Bertz CT molecular complexity index is 480. The zero-order chi connectivity index (χ0) is 15.8. The van der Waals surface area contributed by atoms with Crippen LogP contribution < -0.4 is 5.32 Å². The third-order valence-corrected chi connectivity index (χ3v) is 3.50. The van der Waals surface area contributed by atoms with Crippen LogP contribution in [0.3, 0.4) is 0 Å². The van der Waals surface area contributed by atoms with E-state index in [1.54, 1.807) is 13.1 Å². The molecule has 3 nitrogen and oxygen atoms in total. The predicted molar refractivity (Wildman–Crippen MR) is 99.1 cm³/mol. The number of halogens is 3. The molecular weight excluding hydrogens is 399 g/mol. The van der Waals surface area contributed by atoms with Crippen LogP contribution in [-0.4, -0.2) is 38.0 Å². The van der Waals surface area contributed by atoms with Crippen molar-refractivity contribution in [2.24, 2.45) is 4.99 Å². The second-order valence-electron chi connectivity index (χ2n) is 5.28. The first kappa shape index (κ1) is 21.1. The second kappa shape index (κ2) is 10.7. The summed E-state index contributed by atoms with van der Waals surface area (Å²) in [5.74, 6) is -0.730. The highest BCUT2D eigenvalue weighted by Crippen LogP contribution is 2.17. The Labute approximate surface area is 149 Å². The van der Waals surface area contributed by atoms with E-state index in [2.05, 4.69) is 22.1 Å². The first-order valence-electron chi connectivity index (χ1n) is 7.36. The average Bonchev–Trinajstić information content (AvgIpc) is 2.48. The van der Waals surface area contributed by atoms with Crippen molar-refractivity contribution in [3.05, 3.63) is 35.4 Å². The number of nitrogens with zero attached hydrogens (tertiary/aromatic N) is 2. The Kier molecular flexibility index (Phi) is 10.3. The van der Waals surface area contributed by atoms with Gasteiger partial charge in [0.15, 0.2) is 17.6 Å². The molecule has 0 aliphatic rings. The molecule has 1 rings (SSSR count). The summed E-state index contributed by atoms with van der Waals surface area (Å²) in [6.07, 6.45) is 2.24. The van der Waals surface area contributed by atoms with E-state index < -0.39 is 11.6 Å². The first-order chi connectivity index (χ1) is 9.99. The summed E-state index contributed by atoms with van der Waals surface area (Å²) in [6.45, 7) is 5.68. The van der Waals surface area contributed by atoms with E-state index in [0.29, 0.717) is 6.54 Å². The highest BCUT2D eigenvalue weighted by Gasteiger charge is 2.11. The van der Waals surface area contributed by atoms with Crippen molar-refractivity contribution in [3.8, 4) is 0 Å². The van der Waals surface area contributed by atoms with Crippen LogP contribution >= 0.6 is 24.0 Å². The molecule has 126 valence electrons. The Morgan fingerprint density at radius 2 is 2.00 bits per heavy atom. The molecule has 0 spiro atoms. The SMILES string of the molecule is CCCCN(C)C(=NC)NCC(C)c1ccc(F)c(F)c1.I. The topological polar surface area (TPSA) is 27.6 Å². The molecule has 0 saturated carbocycles. The molecule has 1 N–H and O–H groups in total. The first-order valence-corrected chi connectivity index (χ1v) is 7.36. The molecule has 0 aliphatic carbocycles. The molecule has 1 atom stereocenters. The smallest absolute Gasteiger partial charge is 0.193 e. The molecule has 22 heavy (non-hydrogen) atoms. The lowest BCUT2D eigenvalue weighted by atomic mass is 10.0.